The maximum atomic E-state index is 11.9. The second kappa shape index (κ2) is 5.51. The van der Waals surface area contributed by atoms with Crippen LogP contribution in [0.1, 0.15) is 31.7 Å². The molecule has 2 N–H and O–H groups in total. The summed E-state index contributed by atoms with van der Waals surface area (Å²) in [6.07, 6.45) is 3.62. The van der Waals surface area contributed by atoms with Crippen molar-refractivity contribution in [1.29, 1.82) is 0 Å². The summed E-state index contributed by atoms with van der Waals surface area (Å²) >= 11 is 0. The molecule has 1 unspecified atom stereocenters. The van der Waals surface area contributed by atoms with Gasteiger partial charge in [0.1, 0.15) is 0 Å². The lowest BCUT2D eigenvalue weighted by Gasteiger charge is -2.18. The van der Waals surface area contributed by atoms with Crippen molar-refractivity contribution in [3.63, 3.8) is 0 Å². The molecule has 106 valence electrons. The topological polar surface area (TPSA) is 58.2 Å². The molecule has 1 aliphatic rings. The standard InChI is InChI=1S/C14H22N2O2S/c1-4-13(11-6-7-11)16-12-8-5-10(2)14(9-12)19(17,18)15-3/h5,8-9,11,13,15-16H,4,6-7H2,1-3H3. The zero-order valence-electron chi connectivity index (χ0n) is 11.7. The van der Waals surface area contributed by atoms with E-state index in [1.54, 1.807) is 6.07 Å². The van der Waals surface area contributed by atoms with Crippen molar-refractivity contribution in [1.82, 2.24) is 4.72 Å². The van der Waals surface area contributed by atoms with E-state index < -0.39 is 10.0 Å². The lowest BCUT2D eigenvalue weighted by Crippen LogP contribution is -2.22. The van der Waals surface area contributed by atoms with E-state index in [0.29, 0.717) is 10.9 Å². The SMILES string of the molecule is CCC(Nc1ccc(C)c(S(=O)(=O)NC)c1)C1CC1. The number of aryl methyl sites for hydroxylation is 1. The molecule has 1 aromatic rings. The van der Waals surface area contributed by atoms with Crippen LogP contribution < -0.4 is 10.0 Å². The molecule has 0 heterocycles. The van der Waals surface area contributed by atoms with E-state index in [0.717, 1.165) is 23.6 Å². The molecule has 1 aliphatic carbocycles. The highest BCUT2D eigenvalue weighted by molar-refractivity contribution is 7.89. The van der Waals surface area contributed by atoms with Gasteiger partial charge in [0.25, 0.3) is 0 Å². The fraction of sp³-hybridized carbons (Fsp3) is 0.571. The molecule has 5 heteroatoms. The van der Waals surface area contributed by atoms with Crippen molar-refractivity contribution in [3.05, 3.63) is 23.8 Å². The fourth-order valence-electron chi connectivity index (χ4n) is 2.36. The van der Waals surface area contributed by atoms with Gasteiger partial charge in [0.05, 0.1) is 4.90 Å². The first-order chi connectivity index (χ1) is 8.97. The van der Waals surface area contributed by atoms with Crippen LogP contribution >= 0.6 is 0 Å². The summed E-state index contributed by atoms with van der Waals surface area (Å²) in [6, 6.07) is 5.99. The van der Waals surface area contributed by atoms with Crippen molar-refractivity contribution in [2.75, 3.05) is 12.4 Å². The fourth-order valence-corrected chi connectivity index (χ4v) is 3.35. The van der Waals surface area contributed by atoms with Gasteiger partial charge in [-0.3, -0.25) is 0 Å². The van der Waals surface area contributed by atoms with Gasteiger partial charge < -0.3 is 5.32 Å². The summed E-state index contributed by atoms with van der Waals surface area (Å²) in [5.74, 6) is 0.746. The van der Waals surface area contributed by atoms with Gasteiger partial charge in [0.15, 0.2) is 0 Å². The maximum Gasteiger partial charge on any atom is 0.240 e. The first-order valence-corrected chi connectivity index (χ1v) is 8.27. The molecule has 0 aromatic heterocycles. The summed E-state index contributed by atoms with van der Waals surface area (Å²) in [4.78, 5) is 0.352. The molecule has 0 bridgehead atoms. The summed E-state index contributed by atoms with van der Waals surface area (Å²) < 4.78 is 26.2. The third-order valence-corrected chi connectivity index (χ3v) is 5.29. The predicted molar refractivity (Wildman–Crippen MR) is 77.9 cm³/mol. The Morgan fingerprint density at radius 1 is 1.37 bits per heavy atom. The van der Waals surface area contributed by atoms with Crippen LogP contribution in [-0.2, 0) is 10.0 Å². The van der Waals surface area contributed by atoms with Crippen LogP contribution in [0.15, 0.2) is 23.1 Å². The molecule has 1 fully saturated rings. The summed E-state index contributed by atoms with van der Waals surface area (Å²) in [6.45, 7) is 3.97. The minimum absolute atomic E-state index is 0.352. The molecular weight excluding hydrogens is 260 g/mol. The van der Waals surface area contributed by atoms with Crippen LogP contribution in [0.2, 0.25) is 0 Å². The van der Waals surface area contributed by atoms with E-state index in [4.69, 9.17) is 0 Å². The molecule has 0 radical (unpaired) electrons. The van der Waals surface area contributed by atoms with Gasteiger partial charge in [0.2, 0.25) is 10.0 Å². The molecule has 0 aliphatic heterocycles. The van der Waals surface area contributed by atoms with Crippen LogP contribution in [0.25, 0.3) is 0 Å². The van der Waals surface area contributed by atoms with E-state index in [1.807, 2.05) is 19.1 Å². The Hall–Kier alpha value is -1.07. The minimum atomic E-state index is -3.39. The van der Waals surface area contributed by atoms with Gasteiger partial charge >= 0.3 is 0 Å². The molecule has 4 nitrogen and oxygen atoms in total. The Morgan fingerprint density at radius 3 is 2.58 bits per heavy atom. The lowest BCUT2D eigenvalue weighted by molar-refractivity contribution is 0.587. The smallest absolute Gasteiger partial charge is 0.240 e. The highest BCUT2D eigenvalue weighted by Crippen LogP contribution is 2.35. The van der Waals surface area contributed by atoms with Gasteiger partial charge in [-0.05, 0) is 56.8 Å². The third-order valence-electron chi connectivity index (χ3n) is 3.73. The monoisotopic (exact) mass is 282 g/mol. The van der Waals surface area contributed by atoms with Crippen LogP contribution in [0, 0.1) is 12.8 Å². The van der Waals surface area contributed by atoms with E-state index in [1.165, 1.54) is 19.9 Å². The van der Waals surface area contributed by atoms with Crippen LogP contribution in [0.4, 0.5) is 5.69 Å². The van der Waals surface area contributed by atoms with Gasteiger partial charge in [0, 0.05) is 11.7 Å². The Labute approximate surface area is 115 Å². The molecule has 1 aromatic carbocycles. The highest BCUT2D eigenvalue weighted by atomic mass is 32.2. The molecule has 1 saturated carbocycles. The average Bonchev–Trinajstić information content (AvgIpc) is 3.22. The zero-order valence-corrected chi connectivity index (χ0v) is 12.5. The summed E-state index contributed by atoms with van der Waals surface area (Å²) in [5.41, 5.74) is 1.65. The Kier molecular flexibility index (Phi) is 4.16. The van der Waals surface area contributed by atoms with E-state index in [2.05, 4.69) is 17.0 Å². The van der Waals surface area contributed by atoms with Gasteiger partial charge in [-0.1, -0.05) is 13.0 Å². The summed E-state index contributed by atoms with van der Waals surface area (Å²) in [5, 5.41) is 3.46. The average molecular weight is 282 g/mol. The van der Waals surface area contributed by atoms with Crippen LogP contribution in [0.5, 0.6) is 0 Å². The highest BCUT2D eigenvalue weighted by Gasteiger charge is 2.30. The number of anilines is 1. The third kappa shape index (κ3) is 3.28. The number of rotatable bonds is 6. The van der Waals surface area contributed by atoms with E-state index in [-0.39, 0.29) is 0 Å². The second-order valence-electron chi connectivity index (χ2n) is 5.18. The van der Waals surface area contributed by atoms with Crippen molar-refractivity contribution in [3.8, 4) is 0 Å². The quantitative estimate of drug-likeness (QED) is 0.843. The molecule has 19 heavy (non-hydrogen) atoms. The summed E-state index contributed by atoms with van der Waals surface area (Å²) in [7, 11) is -1.95. The normalized spacial score (nSPS) is 17.2. The number of benzene rings is 1. The Bertz CT molecular complexity index is 551. The van der Waals surface area contributed by atoms with Gasteiger partial charge in [-0.2, -0.15) is 0 Å². The maximum absolute atomic E-state index is 11.9. The zero-order chi connectivity index (χ0) is 14.0. The van der Waals surface area contributed by atoms with Crippen molar-refractivity contribution in [2.45, 2.75) is 44.0 Å². The second-order valence-corrected chi connectivity index (χ2v) is 7.04. The molecule has 0 amide bonds. The predicted octanol–water partition coefficient (Wildman–Crippen LogP) is 2.50. The van der Waals surface area contributed by atoms with Crippen molar-refractivity contribution in [2.24, 2.45) is 5.92 Å². The van der Waals surface area contributed by atoms with Crippen LogP contribution in [-0.4, -0.2) is 21.5 Å². The number of hydrogen-bond donors (Lipinski definition) is 2. The van der Waals surface area contributed by atoms with Crippen molar-refractivity contribution >= 4 is 15.7 Å². The molecular formula is C14H22N2O2S. The molecule has 1 atom stereocenters. The number of hydrogen-bond acceptors (Lipinski definition) is 3. The largest absolute Gasteiger partial charge is 0.382 e. The van der Waals surface area contributed by atoms with E-state index in [9.17, 15) is 8.42 Å². The minimum Gasteiger partial charge on any atom is -0.382 e. The van der Waals surface area contributed by atoms with E-state index >= 15 is 0 Å². The molecule has 0 spiro atoms. The lowest BCUT2D eigenvalue weighted by atomic mass is 10.1. The molecule has 0 saturated heterocycles. The van der Waals surface area contributed by atoms with Crippen molar-refractivity contribution < 1.29 is 8.42 Å². The Morgan fingerprint density at radius 2 is 2.05 bits per heavy atom. The van der Waals surface area contributed by atoms with Crippen LogP contribution in [0.3, 0.4) is 0 Å². The number of nitrogens with one attached hydrogen (secondary N) is 2. The van der Waals surface area contributed by atoms with Gasteiger partial charge in [-0.15, -0.1) is 0 Å². The van der Waals surface area contributed by atoms with Gasteiger partial charge in [-0.25, -0.2) is 13.1 Å². The first kappa shape index (κ1) is 14.3. The first-order valence-electron chi connectivity index (χ1n) is 6.78. The Balaban J connectivity index is 2.25. The number of sulfonamides is 1. The molecule has 2 rings (SSSR count).